The second-order valence-electron chi connectivity index (χ2n) is 2.62. The molecule has 8 nitrogen and oxygen atoms in total. The molecule has 0 aromatic carbocycles. The molecule has 0 saturated carbocycles. The lowest BCUT2D eigenvalue weighted by Crippen LogP contribution is -2.56. The summed E-state index contributed by atoms with van der Waals surface area (Å²) in [5.74, 6) is -0.825. The van der Waals surface area contributed by atoms with Gasteiger partial charge in [-0.05, 0) is 6.42 Å². The topological polar surface area (TPSA) is 137 Å². The minimum Gasteiger partial charge on any atom is -0.463 e. The third kappa shape index (κ3) is 6.13. The molecule has 0 saturated heterocycles. The first-order valence-electron chi connectivity index (χ1n) is 4.26. The Kier molecular flexibility index (Phi) is 5.60. The second-order valence-corrected chi connectivity index (χ2v) is 2.62. The van der Waals surface area contributed by atoms with Crippen molar-refractivity contribution in [1.82, 2.24) is 10.6 Å². The third-order valence-electron chi connectivity index (χ3n) is 1.26. The van der Waals surface area contributed by atoms with Crippen LogP contribution in [0.3, 0.4) is 0 Å². The smallest absolute Gasteiger partial charge is 0.349 e. The van der Waals surface area contributed by atoms with E-state index in [-0.39, 0.29) is 6.61 Å². The molecule has 0 heterocycles. The van der Waals surface area contributed by atoms with E-state index in [2.05, 4.69) is 4.74 Å². The number of carbonyl (C=O) groups excluding carboxylic acids is 3. The maximum absolute atomic E-state index is 11.2. The van der Waals surface area contributed by atoms with Gasteiger partial charge < -0.3 is 26.8 Å². The molecule has 0 aliphatic carbocycles. The van der Waals surface area contributed by atoms with Gasteiger partial charge in [0.2, 0.25) is 6.17 Å². The van der Waals surface area contributed by atoms with Gasteiger partial charge in [0, 0.05) is 0 Å². The number of esters is 1. The van der Waals surface area contributed by atoms with Crippen molar-refractivity contribution in [1.29, 1.82) is 0 Å². The number of rotatable bonds is 5. The Morgan fingerprint density at radius 3 is 2.00 bits per heavy atom. The summed E-state index contributed by atoms with van der Waals surface area (Å²) in [5.41, 5.74) is 9.57. The van der Waals surface area contributed by atoms with Crippen molar-refractivity contribution in [3.05, 3.63) is 0 Å². The largest absolute Gasteiger partial charge is 0.463 e. The van der Waals surface area contributed by atoms with Crippen LogP contribution >= 0.6 is 0 Å². The monoisotopic (exact) mass is 218 g/mol. The molecule has 0 atom stereocenters. The summed E-state index contributed by atoms with van der Waals surface area (Å²) >= 11 is 0. The van der Waals surface area contributed by atoms with Crippen LogP contribution in [0.5, 0.6) is 0 Å². The molecular weight excluding hydrogens is 204 g/mol. The van der Waals surface area contributed by atoms with Gasteiger partial charge in [0.05, 0.1) is 6.61 Å². The summed E-state index contributed by atoms with van der Waals surface area (Å²) in [5, 5.41) is 3.94. The molecule has 8 heteroatoms. The van der Waals surface area contributed by atoms with Crippen molar-refractivity contribution in [2.45, 2.75) is 19.5 Å². The van der Waals surface area contributed by atoms with Crippen LogP contribution in [0, 0.1) is 0 Å². The van der Waals surface area contributed by atoms with Gasteiger partial charge in [-0.15, -0.1) is 0 Å². The SMILES string of the molecule is CCCOC(=O)C(NC(N)=O)NC(N)=O. The molecule has 0 rings (SSSR count). The van der Waals surface area contributed by atoms with Crippen molar-refractivity contribution < 1.29 is 19.1 Å². The summed E-state index contributed by atoms with van der Waals surface area (Å²) in [6, 6.07) is -1.94. The summed E-state index contributed by atoms with van der Waals surface area (Å²) < 4.78 is 4.68. The van der Waals surface area contributed by atoms with E-state index in [4.69, 9.17) is 11.5 Å². The van der Waals surface area contributed by atoms with Crippen molar-refractivity contribution in [2.24, 2.45) is 11.5 Å². The van der Waals surface area contributed by atoms with E-state index in [1.165, 1.54) is 0 Å². The van der Waals surface area contributed by atoms with Gasteiger partial charge in [0.25, 0.3) is 0 Å². The molecule has 0 aliphatic heterocycles. The molecule has 0 aromatic heterocycles. The molecule has 0 aliphatic rings. The van der Waals surface area contributed by atoms with Gasteiger partial charge in [-0.2, -0.15) is 0 Å². The average Bonchev–Trinajstić information content (AvgIpc) is 2.11. The van der Waals surface area contributed by atoms with Gasteiger partial charge in [0.15, 0.2) is 0 Å². The summed E-state index contributed by atoms with van der Waals surface area (Å²) in [6.45, 7) is 1.97. The Bertz CT molecular complexity index is 239. The fourth-order valence-corrected chi connectivity index (χ4v) is 0.724. The summed E-state index contributed by atoms with van der Waals surface area (Å²) in [4.78, 5) is 32.2. The van der Waals surface area contributed by atoms with Crippen molar-refractivity contribution in [3.8, 4) is 0 Å². The number of primary amides is 2. The minimum atomic E-state index is -1.36. The predicted octanol–water partition coefficient (Wildman–Crippen LogP) is -1.40. The maximum Gasteiger partial charge on any atom is 0.349 e. The lowest BCUT2D eigenvalue weighted by Gasteiger charge is -2.16. The van der Waals surface area contributed by atoms with Crippen molar-refractivity contribution in [3.63, 3.8) is 0 Å². The van der Waals surface area contributed by atoms with Crippen LogP contribution in [0.15, 0.2) is 0 Å². The van der Waals surface area contributed by atoms with Crippen molar-refractivity contribution >= 4 is 18.0 Å². The normalized spacial score (nSPS) is 9.47. The van der Waals surface area contributed by atoms with E-state index in [1.807, 2.05) is 10.6 Å². The van der Waals surface area contributed by atoms with Gasteiger partial charge in [0.1, 0.15) is 0 Å². The van der Waals surface area contributed by atoms with Gasteiger partial charge in [-0.1, -0.05) is 6.92 Å². The Balaban J connectivity index is 4.26. The lowest BCUT2D eigenvalue weighted by atomic mass is 10.4. The molecule has 4 amide bonds. The van der Waals surface area contributed by atoms with E-state index in [9.17, 15) is 14.4 Å². The first kappa shape index (κ1) is 13.0. The number of carbonyl (C=O) groups is 3. The number of ether oxygens (including phenoxy) is 1. The zero-order valence-corrected chi connectivity index (χ0v) is 8.28. The van der Waals surface area contributed by atoms with Crippen LogP contribution in [0.2, 0.25) is 0 Å². The number of urea groups is 2. The molecule has 0 fully saturated rings. The summed E-state index contributed by atoms with van der Waals surface area (Å²) in [6.07, 6.45) is -0.738. The molecular formula is C7H14N4O4. The Morgan fingerprint density at radius 2 is 1.67 bits per heavy atom. The fraction of sp³-hybridized carbons (Fsp3) is 0.571. The molecule has 86 valence electrons. The highest BCUT2D eigenvalue weighted by Crippen LogP contribution is 1.88. The first-order valence-corrected chi connectivity index (χ1v) is 4.26. The van der Waals surface area contributed by atoms with Crippen molar-refractivity contribution in [2.75, 3.05) is 6.61 Å². The Morgan fingerprint density at radius 1 is 1.20 bits per heavy atom. The highest BCUT2D eigenvalue weighted by atomic mass is 16.5. The van der Waals surface area contributed by atoms with E-state index < -0.39 is 24.2 Å². The number of amides is 4. The number of nitrogens with one attached hydrogen (secondary N) is 2. The maximum atomic E-state index is 11.2. The van der Waals surface area contributed by atoms with Crippen LogP contribution in [-0.4, -0.2) is 30.8 Å². The van der Waals surface area contributed by atoms with Gasteiger partial charge in [-0.25, -0.2) is 14.4 Å². The van der Waals surface area contributed by atoms with E-state index in [0.717, 1.165) is 0 Å². The third-order valence-corrected chi connectivity index (χ3v) is 1.26. The molecule has 15 heavy (non-hydrogen) atoms. The molecule has 0 unspecified atom stereocenters. The molecule has 0 spiro atoms. The summed E-state index contributed by atoms with van der Waals surface area (Å²) in [7, 11) is 0. The zero-order valence-electron chi connectivity index (χ0n) is 8.28. The average molecular weight is 218 g/mol. The minimum absolute atomic E-state index is 0.177. The Hall–Kier alpha value is -1.99. The van der Waals surface area contributed by atoms with Gasteiger partial charge >= 0.3 is 18.0 Å². The highest BCUT2D eigenvalue weighted by molar-refractivity contribution is 5.86. The van der Waals surface area contributed by atoms with E-state index >= 15 is 0 Å². The number of hydrogen-bond donors (Lipinski definition) is 4. The molecule has 6 N–H and O–H groups in total. The molecule has 0 radical (unpaired) electrons. The fourth-order valence-electron chi connectivity index (χ4n) is 0.724. The van der Waals surface area contributed by atoms with Gasteiger partial charge in [-0.3, -0.25) is 0 Å². The standard InChI is InChI=1S/C7H14N4O4/c1-2-3-15-5(12)4(10-6(8)13)11-7(9)14/h4H,2-3H2,1H3,(H3,8,10,13)(H3,9,11,14). The van der Waals surface area contributed by atoms with Crippen LogP contribution in [0.25, 0.3) is 0 Å². The second kappa shape index (κ2) is 6.46. The molecule has 0 aromatic rings. The quantitative estimate of drug-likeness (QED) is 0.333. The van der Waals surface area contributed by atoms with Crippen LogP contribution in [-0.2, 0) is 9.53 Å². The first-order chi connectivity index (χ1) is 6.97. The number of nitrogens with two attached hydrogens (primary N) is 2. The zero-order chi connectivity index (χ0) is 11.8. The predicted molar refractivity (Wildman–Crippen MR) is 50.5 cm³/mol. The van der Waals surface area contributed by atoms with Crippen LogP contribution < -0.4 is 22.1 Å². The van der Waals surface area contributed by atoms with E-state index in [1.54, 1.807) is 6.92 Å². The van der Waals surface area contributed by atoms with Crippen LogP contribution in [0.4, 0.5) is 9.59 Å². The molecule has 0 bridgehead atoms. The number of hydrogen-bond acceptors (Lipinski definition) is 4. The van der Waals surface area contributed by atoms with E-state index in [0.29, 0.717) is 6.42 Å². The Labute approximate surface area is 86.3 Å². The highest BCUT2D eigenvalue weighted by Gasteiger charge is 2.22. The van der Waals surface area contributed by atoms with Crippen LogP contribution in [0.1, 0.15) is 13.3 Å². The lowest BCUT2D eigenvalue weighted by molar-refractivity contribution is -0.146.